The Balaban J connectivity index is 3.45. The van der Waals surface area contributed by atoms with Gasteiger partial charge in [0.05, 0.1) is 0 Å². The lowest BCUT2D eigenvalue weighted by atomic mass is 10.1. The first-order valence-electron chi connectivity index (χ1n) is 4.41. The van der Waals surface area contributed by atoms with E-state index < -0.39 is 0 Å². The average molecular weight is 284 g/mol. The number of hydrogen-bond acceptors (Lipinski definition) is 2. The van der Waals surface area contributed by atoms with E-state index in [1.54, 1.807) is 22.6 Å². The molecule has 0 fully saturated rings. The van der Waals surface area contributed by atoms with Crippen molar-refractivity contribution < 1.29 is 4.79 Å². The van der Waals surface area contributed by atoms with Gasteiger partial charge in [0.25, 0.3) is 3.91 Å². The minimum absolute atomic E-state index is 0.0532. The van der Waals surface area contributed by atoms with Gasteiger partial charge in [-0.1, -0.05) is 26.7 Å². The molecule has 1 atom stereocenters. The molecule has 0 aromatic rings. The van der Waals surface area contributed by atoms with Crippen molar-refractivity contribution in [2.45, 2.75) is 45.6 Å². The zero-order valence-corrected chi connectivity index (χ0v) is 9.85. The minimum atomic E-state index is -0.0532. The second kappa shape index (κ2) is 7.79. The fourth-order valence-electron chi connectivity index (χ4n) is 0.988. The summed E-state index contributed by atoms with van der Waals surface area (Å²) >= 11 is 1.72. The molecule has 0 aromatic carbocycles. The van der Waals surface area contributed by atoms with Crippen LogP contribution < -0.4 is 10.9 Å². The quantitative estimate of drug-likeness (QED) is 0.341. The van der Waals surface area contributed by atoms with E-state index >= 15 is 0 Å². The number of carbonyl (C=O) groups is 1. The van der Waals surface area contributed by atoms with E-state index in [2.05, 4.69) is 24.7 Å². The van der Waals surface area contributed by atoms with Gasteiger partial charge in [0, 0.05) is 28.6 Å². The lowest BCUT2D eigenvalue weighted by Crippen LogP contribution is -2.41. The van der Waals surface area contributed by atoms with Gasteiger partial charge in [0.1, 0.15) is 0 Å². The molecule has 0 bridgehead atoms. The normalized spacial score (nSPS) is 12.6. The number of hydrazine groups is 1. The predicted molar refractivity (Wildman–Crippen MR) is 59.3 cm³/mol. The molecule has 3 nitrogen and oxygen atoms in total. The Morgan fingerprint density at radius 2 is 2.17 bits per heavy atom. The summed E-state index contributed by atoms with van der Waals surface area (Å²) in [5.74, 6) is 0. The first-order chi connectivity index (χ1) is 5.70. The highest BCUT2D eigenvalue weighted by Gasteiger charge is 2.04. The van der Waals surface area contributed by atoms with E-state index in [-0.39, 0.29) is 3.91 Å². The van der Waals surface area contributed by atoms with E-state index in [0.29, 0.717) is 6.04 Å². The molecular formula is C8H17IN2O. The Bertz CT molecular complexity index is 130. The third kappa shape index (κ3) is 6.84. The summed E-state index contributed by atoms with van der Waals surface area (Å²) in [5.41, 5.74) is 5.60. The van der Waals surface area contributed by atoms with Crippen LogP contribution in [0.1, 0.15) is 39.5 Å². The second-order valence-electron chi connectivity index (χ2n) is 2.79. The zero-order chi connectivity index (χ0) is 9.40. The summed E-state index contributed by atoms with van der Waals surface area (Å²) < 4.78 is -0.0532. The van der Waals surface area contributed by atoms with Gasteiger partial charge >= 0.3 is 0 Å². The molecule has 0 saturated carbocycles. The van der Waals surface area contributed by atoms with Crippen molar-refractivity contribution in [1.82, 2.24) is 10.9 Å². The number of carbonyl (C=O) groups excluding carboxylic acids is 1. The Morgan fingerprint density at radius 3 is 2.58 bits per heavy atom. The lowest BCUT2D eigenvalue weighted by molar-refractivity contribution is 0.255. The maximum Gasteiger partial charge on any atom is 0.294 e. The smallest absolute Gasteiger partial charge is 0.283 e. The van der Waals surface area contributed by atoms with Gasteiger partial charge in [-0.25, -0.2) is 5.43 Å². The molecule has 2 N–H and O–H groups in total. The van der Waals surface area contributed by atoms with Gasteiger partial charge in [-0.05, 0) is 12.8 Å². The summed E-state index contributed by atoms with van der Waals surface area (Å²) in [7, 11) is 0. The summed E-state index contributed by atoms with van der Waals surface area (Å²) in [4.78, 5) is 10.6. The molecule has 0 saturated heterocycles. The average Bonchev–Trinajstić information content (AvgIpc) is 2.05. The Hall–Kier alpha value is 0.160. The van der Waals surface area contributed by atoms with Crippen molar-refractivity contribution in [3.63, 3.8) is 0 Å². The van der Waals surface area contributed by atoms with Crippen molar-refractivity contribution in [1.29, 1.82) is 0 Å². The monoisotopic (exact) mass is 284 g/mol. The van der Waals surface area contributed by atoms with Gasteiger partial charge in [-0.15, -0.1) is 0 Å². The van der Waals surface area contributed by atoms with Crippen LogP contribution in [-0.4, -0.2) is 9.96 Å². The van der Waals surface area contributed by atoms with Crippen LogP contribution in [-0.2, 0) is 0 Å². The molecule has 0 aliphatic heterocycles. The number of hydrogen-bond donors (Lipinski definition) is 2. The molecule has 72 valence electrons. The van der Waals surface area contributed by atoms with Crippen LogP contribution in [0.3, 0.4) is 0 Å². The SMILES string of the molecule is CCCCC(CC)NNC(=O)I. The van der Waals surface area contributed by atoms with Gasteiger partial charge < -0.3 is 0 Å². The molecule has 0 spiro atoms. The van der Waals surface area contributed by atoms with Crippen LogP contribution in [0.15, 0.2) is 0 Å². The molecule has 1 amide bonds. The standard InChI is InChI=1S/C8H17IN2O/c1-3-5-6-7(4-2)10-11-8(9)12/h7,10H,3-6H2,1-2H3,(H,11,12). The van der Waals surface area contributed by atoms with Crippen molar-refractivity contribution >= 4 is 26.5 Å². The number of unbranched alkanes of at least 4 members (excludes halogenated alkanes) is 1. The highest BCUT2D eigenvalue weighted by atomic mass is 127. The van der Waals surface area contributed by atoms with E-state index in [4.69, 9.17) is 0 Å². The fraction of sp³-hybridized carbons (Fsp3) is 0.875. The number of nitrogens with one attached hydrogen (secondary N) is 2. The summed E-state index contributed by atoms with van der Waals surface area (Å²) in [5, 5.41) is 0. The topological polar surface area (TPSA) is 41.1 Å². The van der Waals surface area contributed by atoms with E-state index in [0.717, 1.165) is 12.8 Å². The first kappa shape index (κ1) is 12.2. The molecular weight excluding hydrogens is 267 g/mol. The number of halogens is 1. The molecule has 1 unspecified atom stereocenters. The summed E-state index contributed by atoms with van der Waals surface area (Å²) in [6.45, 7) is 4.29. The lowest BCUT2D eigenvalue weighted by Gasteiger charge is -2.15. The molecule has 0 heterocycles. The third-order valence-corrected chi connectivity index (χ3v) is 2.04. The van der Waals surface area contributed by atoms with Crippen molar-refractivity contribution in [3.8, 4) is 0 Å². The van der Waals surface area contributed by atoms with Gasteiger partial charge in [0.15, 0.2) is 0 Å². The van der Waals surface area contributed by atoms with Crippen LogP contribution in [0.25, 0.3) is 0 Å². The largest absolute Gasteiger partial charge is 0.294 e. The number of rotatable bonds is 6. The minimum Gasteiger partial charge on any atom is -0.283 e. The Kier molecular flexibility index (Phi) is 7.89. The maximum absolute atomic E-state index is 10.6. The summed E-state index contributed by atoms with van der Waals surface area (Å²) in [6, 6.07) is 0.420. The highest BCUT2D eigenvalue weighted by Crippen LogP contribution is 2.02. The van der Waals surface area contributed by atoms with Crippen LogP contribution in [0.5, 0.6) is 0 Å². The van der Waals surface area contributed by atoms with Gasteiger partial charge in [-0.3, -0.25) is 10.2 Å². The van der Waals surface area contributed by atoms with Crippen LogP contribution >= 0.6 is 22.6 Å². The molecule has 0 rings (SSSR count). The van der Waals surface area contributed by atoms with Crippen LogP contribution in [0.4, 0.5) is 4.79 Å². The van der Waals surface area contributed by atoms with Crippen molar-refractivity contribution in [2.75, 3.05) is 0 Å². The summed E-state index contributed by atoms with van der Waals surface area (Å²) in [6.07, 6.45) is 4.60. The Labute approximate surface area is 87.8 Å². The van der Waals surface area contributed by atoms with Crippen molar-refractivity contribution in [2.24, 2.45) is 0 Å². The second-order valence-corrected chi connectivity index (χ2v) is 3.77. The van der Waals surface area contributed by atoms with Gasteiger partial charge in [0.2, 0.25) is 0 Å². The van der Waals surface area contributed by atoms with Gasteiger partial charge in [-0.2, -0.15) is 0 Å². The molecule has 4 heteroatoms. The first-order valence-corrected chi connectivity index (χ1v) is 5.49. The zero-order valence-electron chi connectivity index (χ0n) is 7.69. The van der Waals surface area contributed by atoms with Crippen LogP contribution in [0.2, 0.25) is 0 Å². The van der Waals surface area contributed by atoms with E-state index in [1.165, 1.54) is 12.8 Å². The van der Waals surface area contributed by atoms with E-state index in [9.17, 15) is 4.79 Å². The fourth-order valence-corrected chi connectivity index (χ4v) is 1.14. The number of amides is 1. The molecule has 0 aromatic heterocycles. The van der Waals surface area contributed by atoms with Crippen LogP contribution in [0, 0.1) is 0 Å². The highest BCUT2D eigenvalue weighted by molar-refractivity contribution is 14.1. The van der Waals surface area contributed by atoms with Crippen molar-refractivity contribution in [3.05, 3.63) is 0 Å². The predicted octanol–water partition coefficient (Wildman–Crippen LogP) is 2.60. The Morgan fingerprint density at radius 1 is 1.50 bits per heavy atom. The molecule has 12 heavy (non-hydrogen) atoms. The molecule has 0 aliphatic carbocycles. The van der Waals surface area contributed by atoms with E-state index in [1.807, 2.05) is 0 Å². The third-order valence-electron chi connectivity index (χ3n) is 1.77. The maximum atomic E-state index is 10.6. The molecule has 0 aliphatic rings. The molecule has 0 radical (unpaired) electrons.